The molecule has 104 valence electrons. The molecule has 1 aliphatic heterocycles. The SMILES string of the molecule is CCN(C(=O)c1c(O)cccc1O)C1CCNCC1. The van der Waals surface area contributed by atoms with E-state index in [2.05, 4.69) is 5.32 Å². The highest BCUT2D eigenvalue weighted by molar-refractivity contribution is 5.99. The van der Waals surface area contributed by atoms with E-state index in [-0.39, 0.29) is 29.0 Å². The number of benzene rings is 1. The first-order valence-electron chi connectivity index (χ1n) is 6.67. The first kappa shape index (κ1) is 13.7. The summed E-state index contributed by atoms with van der Waals surface area (Å²) in [6, 6.07) is 4.52. The summed E-state index contributed by atoms with van der Waals surface area (Å²) in [5.74, 6) is -0.639. The van der Waals surface area contributed by atoms with Gasteiger partial charge >= 0.3 is 0 Å². The lowest BCUT2D eigenvalue weighted by Crippen LogP contribution is -2.46. The van der Waals surface area contributed by atoms with Crippen LogP contribution in [0.3, 0.4) is 0 Å². The second-order valence-electron chi connectivity index (χ2n) is 4.74. The van der Waals surface area contributed by atoms with Crippen LogP contribution in [0.15, 0.2) is 18.2 Å². The molecule has 2 rings (SSSR count). The number of amides is 1. The van der Waals surface area contributed by atoms with E-state index < -0.39 is 0 Å². The van der Waals surface area contributed by atoms with Crippen LogP contribution in [-0.2, 0) is 0 Å². The van der Waals surface area contributed by atoms with Crippen LogP contribution in [-0.4, -0.2) is 46.7 Å². The van der Waals surface area contributed by atoms with Gasteiger partial charge in [0.25, 0.3) is 5.91 Å². The largest absolute Gasteiger partial charge is 0.507 e. The third-order valence-electron chi connectivity index (χ3n) is 3.59. The van der Waals surface area contributed by atoms with Crippen molar-refractivity contribution in [3.8, 4) is 11.5 Å². The Kier molecular flexibility index (Phi) is 4.27. The number of nitrogens with zero attached hydrogens (tertiary/aromatic N) is 1. The van der Waals surface area contributed by atoms with E-state index in [9.17, 15) is 15.0 Å². The van der Waals surface area contributed by atoms with E-state index in [0.717, 1.165) is 25.9 Å². The van der Waals surface area contributed by atoms with Crippen LogP contribution < -0.4 is 5.32 Å². The van der Waals surface area contributed by atoms with Crippen LogP contribution in [0, 0.1) is 0 Å². The summed E-state index contributed by atoms with van der Waals surface area (Å²) >= 11 is 0. The Balaban J connectivity index is 2.25. The van der Waals surface area contributed by atoms with Crippen LogP contribution in [0.25, 0.3) is 0 Å². The predicted octanol–water partition coefficient (Wildman–Crippen LogP) is 1.31. The normalized spacial score (nSPS) is 16.3. The molecular weight excluding hydrogens is 244 g/mol. The highest BCUT2D eigenvalue weighted by atomic mass is 16.3. The Morgan fingerprint density at radius 3 is 2.42 bits per heavy atom. The summed E-state index contributed by atoms with van der Waals surface area (Å²) in [5, 5.41) is 22.8. The maximum atomic E-state index is 12.5. The molecule has 5 nitrogen and oxygen atoms in total. The van der Waals surface area contributed by atoms with Crippen molar-refractivity contribution >= 4 is 5.91 Å². The second kappa shape index (κ2) is 5.93. The molecule has 0 spiro atoms. The summed E-state index contributed by atoms with van der Waals surface area (Å²) in [5.41, 5.74) is 0.00267. The van der Waals surface area contributed by atoms with Gasteiger partial charge in [0.2, 0.25) is 0 Å². The summed E-state index contributed by atoms with van der Waals surface area (Å²) in [6.07, 6.45) is 1.79. The molecule has 1 aromatic rings. The fourth-order valence-corrected chi connectivity index (χ4v) is 2.58. The minimum atomic E-state index is -0.301. The molecule has 1 saturated heterocycles. The Morgan fingerprint density at radius 2 is 1.89 bits per heavy atom. The van der Waals surface area contributed by atoms with E-state index >= 15 is 0 Å². The summed E-state index contributed by atoms with van der Waals surface area (Å²) in [7, 11) is 0. The molecule has 1 aliphatic rings. The maximum Gasteiger partial charge on any atom is 0.261 e. The smallest absolute Gasteiger partial charge is 0.261 e. The zero-order valence-electron chi connectivity index (χ0n) is 11.1. The average Bonchev–Trinajstić information content (AvgIpc) is 2.40. The molecular formula is C14H20N2O3. The molecule has 0 saturated carbocycles. The molecule has 0 atom stereocenters. The van der Waals surface area contributed by atoms with Crippen LogP contribution in [0.5, 0.6) is 11.5 Å². The van der Waals surface area contributed by atoms with E-state index in [1.54, 1.807) is 4.90 Å². The molecule has 0 unspecified atom stereocenters. The van der Waals surface area contributed by atoms with E-state index in [0.29, 0.717) is 6.54 Å². The van der Waals surface area contributed by atoms with E-state index in [4.69, 9.17) is 0 Å². The van der Waals surface area contributed by atoms with Gasteiger partial charge in [-0.15, -0.1) is 0 Å². The number of nitrogens with one attached hydrogen (secondary N) is 1. The van der Waals surface area contributed by atoms with Gasteiger partial charge in [0.1, 0.15) is 17.1 Å². The first-order valence-corrected chi connectivity index (χ1v) is 6.67. The van der Waals surface area contributed by atoms with Crippen molar-refractivity contribution in [2.45, 2.75) is 25.8 Å². The number of rotatable bonds is 3. The van der Waals surface area contributed by atoms with Crippen LogP contribution in [0.2, 0.25) is 0 Å². The van der Waals surface area contributed by atoms with Crippen LogP contribution >= 0.6 is 0 Å². The molecule has 1 heterocycles. The number of carbonyl (C=O) groups excluding carboxylic acids is 1. The number of aromatic hydroxyl groups is 2. The Hall–Kier alpha value is -1.75. The lowest BCUT2D eigenvalue weighted by molar-refractivity contribution is 0.0650. The van der Waals surface area contributed by atoms with Gasteiger partial charge in [-0.05, 0) is 45.0 Å². The van der Waals surface area contributed by atoms with Gasteiger partial charge in [0, 0.05) is 12.6 Å². The molecule has 1 amide bonds. The fourth-order valence-electron chi connectivity index (χ4n) is 2.58. The van der Waals surface area contributed by atoms with Crippen LogP contribution in [0.1, 0.15) is 30.1 Å². The first-order chi connectivity index (χ1) is 9.15. The number of hydrogen-bond acceptors (Lipinski definition) is 4. The van der Waals surface area contributed by atoms with Gasteiger partial charge in [-0.3, -0.25) is 4.79 Å². The van der Waals surface area contributed by atoms with Crippen molar-refractivity contribution in [1.29, 1.82) is 0 Å². The summed E-state index contributed by atoms with van der Waals surface area (Å²) < 4.78 is 0. The van der Waals surface area contributed by atoms with Gasteiger partial charge in [0.15, 0.2) is 0 Å². The molecule has 0 aromatic heterocycles. The zero-order chi connectivity index (χ0) is 13.8. The fraction of sp³-hybridized carbons (Fsp3) is 0.500. The minimum Gasteiger partial charge on any atom is -0.507 e. The molecule has 0 aliphatic carbocycles. The lowest BCUT2D eigenvalue weighted by atomic mass is 10.0. The summed E-state index contributed by atoms with van der Waals surface area (Å²) in [4.78, 5) is 14.2. The lowest BCUT2D eigenvalue weighted by Gasteiger charge is -2.34. The second-order valence-corrected chi connectivity index (χ2v) is 4.74. The van der Waals surface area contributed by atoms with Crippen LogP contribution in [0.4, 0.5) is 0 Å². The van der Waals surface area contributed by atoms with Crippen molar-refractivity contribution < 1.29 is 15.0 Å². The number of piperidine rings is 1. The minimum absolute atomic E-state index is 0.00267. The van der Waals surface area contributed by atoms with E-state index in [1.807, 2.05) is 6.92 Å². The quantitative estimate of drug-likeness (QED) is 0.769. The maximum absolute atomic E-state index is 12.5. The van der Waals surface area contributed by atoms with Crippen molar-refractivity contribution in [1.82, 2.24) is 10.2 Å². The highest BCUT2D eigenvalue weighted by Gasteiger charge is 2.28. The number of carbonyl (C=O) groups is 1. The van der Waals surface area contributed by atoms with Crippen molar-refractivity contribution in [3.05, 3.63) is 23.8 Å². The molecule has 0 radical (unpaired) electrons. The van der Waals surface area contributed by atoms with Gasteiger partial charge in [-0.1, -0.05) is 6.07 Å². The third-order valence-corrected chi connectivity index (χ3v) is 3.59. The molecule has 1 aromatic carbocycles. The predicted molar refractivity (Wildman–Crippen MR) is 72.4 cm³/mol. The van der Waals surface area contributed by atoms with E-state index in [1.165, 1.54) is 18.2 Å². The number of phenols is 2. The molecule has 0 bridgehead atoms. The van der Waals surface area contributed by atoms with Gasteiger partial charge in [-0.2, -0.15) is 0 Å². The number of hydrogen-bond donors (Lipinski definition) is 3. The Labute approximate surface area is 112 Å². The van der Waals surface area contributed by atoms with Gasteiger partial charge in [-0.25, -0.2) is 0 Å². The third kappa shape index (κ3) is 2.81. The topological polar surface area (TPSA) is 72.8 Å². The molecule has 1 fully saturated rings. The monoisotopic (exact) mass is 264 g/mol. The highest BCUT2D eigenvalue weighted by Crippen LogP contribution is 2.29. The Bertz CT molecular complexity index is 436. The van der Waals surface area contributed by atoms with Gasteiger partial charge in [0.05, 0.1) is 0 Å². The number of phenolic OH excluding ortho intramolecular Hbond substituents is 2. The van der Waals surface area contributed by atoms with Crippen molar-refractivity contribution in [2.75, 3.05) is 19.6 Å². The zero-order valence-corrected chi connectivity index (χ0v) is 11.1. The van der Waals surface area contributed by atoms with Gasteiger partial charge < -0.3 is 20.4 Å². The van der Waals surface area contributed by atoms with Crippen molar-refractivity contribution in [3.63, 3.8) is 0 Å². The standard InChI is InChI=1S/C14H20N2O3/c1-2-16(10-6-8-15-9-7-10)14(19)13-11(17)4-3-5-12(13)18/h3-5,10,15,17-18H,2,6-9H2,1H3. The molecule has 5 heteroatoms. The summed E-state index contributed by atoms with van der Waals surface area (Å²) in [6.45, 7) is 4.26. The molecule has 19 heavy (non-hydrogen) atoms. The molecule has 3 N–H and O–H groups in total. The Morgan fingerprint density at radius 1 is 1.32 bits per heavy atom. The van der Waals surface area contributed by atoms with Crippen molar-refractivity contribution in [2.24, 2.45) is 0 Å². The average molecular weight is 264 g/mol.